The number of carbonyl (C=O) groups excluding carboxylic acids is 1. The number of amides is 1. The number of carbonyl (C=O) groups is 1. The first kappa shape index (κ1) is 16.0. The molecule has 5 heteroatoms. The van der Waals surface area contributed by atoms with Crippen molar-refractivity contribution in [3.8, 4) is 0 Å². The Kier molecular flexibility index (Phi) is 3.34. The Morgan fingerprint density at radius 1 is 1.28 bits per heavy atom. The topological polar surface area (TPSA) is 53.6 Å². The molecular weight excluding hydrogens is 314 g/mol. The van der Waals surface area contributed by atoms with E-state index in [2.05, 4.69) is 72.8 Å². The van der Waals surface area contributed by atoms with Crippen LogP contribution in [0.4, 0.5) is 5.69 Å². The number of nitrogens with zero attached hydrogens (tertiary/aromatic N) is 1. The molecule has 1 amide bonds. The maximum Gasteiger partial charge on any atom is 0.222 e. The fraction of sp³-hybridized carbons (Fsp3) is 0.350. The van der Waals surface area contributed by atoms with Crippen LogP contribution in [0.2, 0.25) is 0 Å². The lowest BCUT2D eigenvalue weighted by atomic mass is 9.76. The summed E-state index contributed by atoms with van der Waals surface area (Å²) in [7, 11) is 2.07. The standard InChI is InChI=1S/C20H23N3O2/c1-13(24)21-17-10-9-14-11-12-20(25-18(14)22-17)19(2,3)15-7-5-6-8-16(15)23(20)4/h5-12,18,22H,1-4H3,(H,21,24)/t18?,20-/m0/s1. The lowest BCUT2D eigenvalue weighted by Gasteiger charge is -2.48. The van der Waals surface area contributed by atoms with E-state index in [0.717, 1.165) is 5.57 Å². The van der Waals surface area contributed by atoms with E-state index in [9.17, 15) is 4.79 Å². The monoisotopic (exact) mass is 337 g/mol. The smallest absolute Gasteiger partial charge is 0.222 e. The molecular formula is C20H23N3O2. The van der Waals surface area contributed by atoms with Crippen molar-refractivity contribution in [3.63, 3.8) is 0 Å². The van der Waals surface area contributed by atoms with Gasteiger partial charge in [0.1, 0.15) is 5.82 Å². The van der Waals surface area contributed by atoms with Crippen molar-refractivity contribution in [2.45, 2.75) is 38.1 Å². The van der Waals surface area contributed by atoms with E-state index in [-0.39, 0.29) is 17.6 Å². The number of anilines is 1. The summed E-state index contributed by atoms with van der Waals surface area (Å²) in [6.07, 6.45) is 7.79. The SMILES string of the molecule is CC(=O)NC1=CC=C2C=C[C@@]3(OC2N1)N(C)c1ccccc1C3(C)C. The molecule has 0 bridgehead atoms. The first-order chi connectivity index (χ1) is 11.8. The van der Waals surface area contributed by atoms with Gasteiger partial charge in [0, 0.05) is 30.6 Å². The van der Waals surface area contributed by atoms with Crippen molar-refractivity contribution >= 4 is 11.6 Å². The molecule has 3 aliphatic heterocycles. The molecule has 25 heavy (non-hydrogen) atoms. The third-order valence-electron chi connectivity index (χ3n) is 5.47. The summed E-state index contributed by atoms with van der Waals surface area (Å²) in [4.78, 5) is 13.6. The van der Waals surface area contributed by atoms with E-state index >= 15 is 0 Å². The van der Waals surface area contributed by atoms with Crippen LogP contribution in [-0.4, -0.2) is 24.9 Å². The van der Waals surface area contributed by atoms with Crippen molar-refractivity contribution < 1.29 is 9.53 Å². The van der Waals surface area contributed by atoms with Crippen molar-refractivity contribution in [2.24, 2.45) is 0 Å². The maximum absolute atomic E-state index is 11.3. The van der Waals surface area contributed by atoms with Gasteiger partial charge in [-0.25, -0.2) is 0 Å². The maximum atomic E-state index is 11.3. The molecule has 3 heterocycles. The fourth-order valence-corrected chi connectivity index (χ4v) is 4.11. The Labute approximate surface area is 148 Å². The summed E-state index contributed by atoms with van der Waals surface area (Å²) >= 11 is 0. The highest BCUT2D eigenvalue weighted by molar-refractivity contribution is 5.75. The minimum absolute atomic E-state index is 0.109. The summed E-state index contributed by atoms with van der Waals surface area (Å²) < 4.78 is 6.63. The van der Waals surface area contributed by atoms with Crippen molar-refractivity contribution in [1.82, 2.24) is 10.6 Å². The Morgan fingerprint density at radius 2 is 2.04 bits per heavy atom. The number of rotatable bonds is 1. The van der Waals surface area contributed by atoms with Gasteiger partial charge >= 0.3 is 0 Å². The van der Waals surface area contributed by atoms with Gasteiger partial charge in [-0.15, -0.1) is 0 Å². The second-order valence-electron chi connectivity index (χ2n) is 7.30. The zero-order valence-electron chi connectivity index (χ0n) is 15.0. The Morgan fingerprint density at radius 3 is 2.76 bits per heavy atom. The van der Waals surface area contributed by atoms with Gasteiger partial charge in [0.2, 0.25) is 5.91 Å². The molecule has 0 saturated carbocycles. The highest BCUT2D eigenvalue weighted by Crippen LogP contribution is 2.54. The quantitative estimate of drug-likeness (QED) is 0.827. The number of allylic oxidation sites excluding steroid dienone is 2. The van der Waals surface area contributed by atoms with E-state index in [1.165, 1.54) is 18.2 Å². The predicted molar refractivity (Wildman–Crippen MR) is 97.7 cm³/mol. The fourth-order valence-electron chi connectivity index (χ4n) is 4.11. The van der Waals surface area contributed by atoms with Gasteiger partial charge in [-0.2, -0.15) is 0 Å². The van der Waals surface area contributed by atoms with Crippen LogP contribution in [0.3, 0.4) is 0 Å². The van der Waals surface area contributed by atoms with E-state index < -0.39 is 5.72 Å². The predicted octanol–water partition coefficient (Wildman–Crippen LogP) is 2.53. The molecule has 4 rings (SSSR count). The summed E-state index contributed by atoms with van der Waals surface area (Å²) in [6.45, 7) is 5.92. The molecule has 2 N–H and O–H groups in total. The average Bonchev–Trinajstić information content (AvgIpc) is 2.74. The summed E-state index contributed by atoms with van der Waals surface area (Å²) in [5, 5.41) is 6.08. The van der Waals surface area contributed by atoms with E-state index in [4.69, 9.17) is 4.74 Å². The van der Waals surface area contributed by atoms with Crippen LogP contribution in [0, 0.1) is 0 Å². The third-order valence-corrected chi connectivity index (χ3v) is 5.47. The van der Waals surface area contributed by atoms with Crippen LogP contribution >= 0.6 is 0 Å². The van der Waals surface area contributed by atoms with Gasteiger partial charge in [-0.3, -0.25) is 4.79 Å². The number of ether oxygens (including phenoxy) is 1. The van der Waals surface area contributed by atoms with Gasteiger partial charge in [0.05, 0.1) is 0 Å². The second kappa shape index (κ2) is 5.23. The van der Waals surface area contributed by atoms with Crippen LogP contribution in [0.25, 0.3) is 0 Å². The molecule has 3 aliphatic rings. The molecule has 1 spiro atoms. The highest BCUT2D eigenvalue weighted by atomic mass is 16.5. The Balaban J connectivity index is 1.72. The number of fused-ring (bicyclic) bond motifs is 2. The van der Waals surface area contributed by atoms with Gasteiger partial charge in [0.25, 0.3) is 0 Å². The van der Waals surface area contributed by atoms with Crippen molar-refractivity contribution in [2.75, 3.05) is 11.9 Å². The van der Waals surface area contributed by atoms with E-state index in [1.54, 1.807) is 0 Å². The van der Waals surface area contributed by atoms with E-state index in [0.29, 0.717) is 5.82 Å². The number of para-hydroxylation sites is 1. The second-order valence-corrected chi connectivity index (χ2v) is 7.30. The molecule has 5 nitrogen and oxygen atoms in total. The van der Waals surface area contributed by atoms with Crippen molar-refractivity contribution in [3.05, 3.63) is 65.5 Å². The summed E-state index contributed by atoms with van der Waals surface area (Å²) in [5.41, 5.74) is 2.67. The number of nitrogens with one attached hydrogen (secondary N) is 2. The third kappa shape index (κ3) is 2.15. The molecule has 0 aromatic heterocycles. The molecule has 1 unspecified atom stereocenters. The largest absolute Gasteiger partial charge is 0.342 e. The van der Waals surface area contributed by atoms with Crippen LogP contribution < -0.4 is 15.5 Å². The number of likely N-dealkylation sites (N-methyl/N-ethyl adjacent to an activating group) is 1. The molecule has 0 radical (unpaired) electrons. The lowest BCUT2D eigenvalue weighted by molar-refractivity contribution is -0.118. The highest BCUT2D eigenvalue weighted by Gasteiger charge is 2.57. The number of hydrogen-bond donors (Lipinski definition) is 2. The molecule has 0 fully saturated rings. The van der Waals surface area contributed by atoms with Crippen LogP contribution in [0.15, 0.2) is 60.0 Å². The summed E-state index contributed by atoms with van der Waals surface area (Å²) in [6, 6.07) is 8.42. The first-order valence-corrected chi connectivity index (χ1v) is 8.51. The zero-order valence-corrected chi connectivity index (χ0v) is 15.0. The molecule has 1 aromatic rings. The van der Waals surface area contributed by atoms with Crippen LogP contribution in [0.5, 0.6) is 0 Å². The van der Waals surface area contributed by atoms with Gasteiger partial charge < -0.3 is 20.3 Å². The van der Waals surface area contributed by atoms with Crippen LogP contribution in [-0.2, 0) is 14.9 Å². The Bertz CT molecular complexity index is 837. The van der Waals surface area contributed by atoms with Gasteiger partial charge in [0.15, 0.2) is 12.0 Å². The number of hydrogen-bond acceptors (Lipinski definition) is 4. The lowest BCUT2D eigenvalue weighted by Crippen LogP contribution is -2.60. The number of dihydropyridines is 1. The Hall–Kier alpha value is -2.53. The first-order valence-electron chi connectivity index (χ1n) is 8.51. The molecule has 0 aliphatic carbocycles. The molecule has 2 atom stereocenters. The number of benzene rings is 1. The zero-order chi connectivity index (χ0) is 17.8. The van der Waals surface area contributed by atoms with Crippen LogP contribution in [0.1, 0.15) is 26.3 Å². The minimum atomic E-state index is -0.593. The van der Waals surface area contributed by atoms with E-state index in [1.807, 2.05) is 12.2 Å². The molecule has 0 saturated heterocycles. The van der Waals surface area contributed by atoms with Gasteiger partial charge in [-0.05, 0) is 23.8 Å². The molecule has 1 aromatic carbocycles. The van der Waals surface area contributed by atoms with Gasteiger partial charge in [-0.1, -0.05) is 44.2 Å². The normalized spacial score (nSPS) is 28.6. The molecule has 130 valence electrons. The average molecular weight is 337 g/mol. The van der Waals surface area contributed by atoms with Crippen molar-refractivity contribution in [1.29, 1.82) is 0 Å². The minimum Gasteiger partial charge on any atom is -0.342 e. The summed E-state index contributed by atoms with van der Waals surface area (Å²) in [5.74, 6) is 0.546.